The molecule has 0 aromatic rings. The van der Waals surface area contributed by atoms with Gasteiger partial charge in [0.15, 0.2) is 0 Å². The molecule has 0 spiro atoms. The Morgan fingerprint density at radius 3 is 0.833 bits per heavy atom. The molecule has 0 amide bonds. The monoisotopic (exact) mass is 358 g/mol. The molecule has 0 rings (SSSR count). The predicted octanol–water partition coefficient (Wildman–Crippen LogP) is -5.56. The van der Waals surface area contributed by atoms with E-state index in [1.165, 1.54) is 0 Å². The number of carboxylic acid groups (broad SMARTS) is 2. The molecule has 0 atom stereocenters. The van der Waals surface area contributed by atoms with Crippen molar-refractivity contribution in [2.45, 2.75) is 0 Å². The molecule has 7 N–H and O–H groups in total. The van der Waals surface area contributed by atoms with Gasteiger partial charge in [-0.2, -0.15) is 0 Å². The summed E-state index contributed by atoms with van der Waals surface area (Å²) in [4.78, 5) is 44.4. The van der Waals surface area contributed by atoms with Crippen LogP contribution >= 0.6 is 7.82 Å². The van der Waals surface area contributed by atoms with E-state index < -0.39 is 23.1 Å². The van der Waals surface area contributed by atoms with Crippen molar-refractivity contribution >= 4 is 171 Å². The molecule has 0 aromatic carbocycles. The van der Waals surface area contributed by atoms with Gasteiger partial charge in [0.05, 0.1) is 0 Å². The molecule has 0 aromatic heterocycles. The molecule has 0 unspecified atom stereocenters. The van der Waals surface area contributed by atoms with Crippen LogP contribution in [0.2, 0.25) is 0 Å². The fraction of sp³-hybridized carbons (Fsp3) is 0. The van der Waals surface area contributed by atoms with Crippen LogP contribution in [0.15, 0.2) is 0 Å². The van der Waals surface area contributed by atoms with Crippen molar-refractivity contribution in [3.8, 4) is 0 Å². The molecule has 0 saturated heterocycles. The quantitative estimate of drug-likeness (QED) is 0.162. The molecule has 0 radical (unpaired) electrons. The number of hydrogen-bond acceptors (Lipinski definition) is 3. The normalized spacial score (nSPS) is 5.94. The van der Waals surface area contributed by atoms with Crippen LogP contribution in [0.1, 0.15) is 0 Å². The van der Waals surface area contributed by atoms with E-state index in [2.05, 4.69) is 0 Å². The third-order valence-electron chi connectivity index (χ3n) is 0. The van der Waals surface area contributed by atoms with Crippen LogP contribution in [0, 0.1) is 0 Å². The van der Waals surface area contributed by atoms with Gasteiger partial charge in [-0.3, -0.25) is 4.46 Å². The first kappa shape index (κ1) is 49.5. The Morgan fingerprint density at radius 2 is 0.833 bits per heavy atom. The van der Waals surface area contributed by atoms with E-state index in [-0.39, 0.29) is 148 Å². The molecule has 0 aliphatic carbocycles. The van der Waals surface area contributed by atoms with Crippen LogP contribution < -0.4 is 0 Å². The summed E-state index contributed by atoms with van der Waals surface area (Å²) < 4.78 is 17.6. The average molecular weight is 358 g/mol. The number of carbonyl (C=O) groups is 1. The molecule has 17 heteroatoms. The molecule has 0 fully saturated rings. The Hall–Kier alpha value is 4.00. The Labute approximate surface area is 215 Å². The third-order valence-corrected chi connectivity index (χ3v) is 0. The van der Waals surface area contributed by atoms with Gasteiger partial charge < -0.3 is 34.5 Å². The molecule has 90 valence electrons. The van der Waals surface area contributed by atoms with E-state index in [0.29, 0.717) is 0 Å². The average Bonchev–Trinajstić information content (AvgIpc) is 1.50. The second-order valence-electron chi connectivity index (χ2n) is 1.08. The van der Waals surface area contributed by atoms with Crippen molar-refractivity contribution in [3.63, 3.8) is 0 Å². The summed E-state index contributed by atoms with van der Waals surface area (Å²) in [6, 6.07) is 0. The summed E-state index contributed by atoms with van der Waals surface area (Å²) in [5, 5.41) is 13.9. The molecule has 10 nitrogen and oxygen atoms in total. The third kappa shape index (κ3) is 452. The van der Waals surface area contributed by atoms with Gasteiger partial charge in [0.1, 0.15) is 0 Å². The molecule has 0 saturated carbocycles. The summed E-state index contributed by atoms with van der Waals surface area (Å²) in [5.74, 6) is 0. The Morgan fingerprint density at radius 1 is 0.833 bits per heavy atom. The van der Waals surface area contributed by atoms with Crippen molar-refractivity contribution < 1.29 is 48.3 Å². The second kappa shape index (κ2) is 32.8. The van der Waals surface area contributed by atoms with E-state index >= 15 is 0 Å². The van der Waals surface area contributed by atoms with Crippen molar-refractivity contribution in [1.29, 1.82) is 0 Å². The van der Waals surface area contributed by atoms with Crippen LogP contribution in [-0.2, 0) is 9.03 Å². The first-order chi connectivity index (χ1) is 5.46. The first-order valence-corrected chi connectivity index (χ1v) is 4.95. The maximum absolute atomic E-state index is 8.88. The number of phosphoric acid groups is 1. The first-order valence-electron chi connectivity index (χ1n) is 2.09. The standard InChI is InChI=1S/CH2O3.5Na.H3O4P.H2O3Si.5H/c2-1(3)4;;;;;;1-5(2,3)4;1-4(2)3;;;;;/h(H2,2,3,4);;;;;;(H3,1,2,3,4);1-2H;;;;;. The van der Waals surface area contributed by atoms with Gasteiger partial charge in [0.2, 0.25) is 0 Å². The zero-order chi connectivity index (χ0) is 11.7. The topological polar surface area (TPSA) is 193 Å². The molecule has 0 aliphatic heterocycles. The van der Waals surface area contributed by atoms with Crippen LogP contribution in [0.5, 0.6) is 0 Å². The number of hydrogen-bond donors (Lipinski definition) is 7. The van der Waals surface area contributed by atoms with Crippen molar-refractivity contribution in [2.75, 3.05) is 0 Å². The van der Waals surface area contributed by atoms with Gasteiger partial charge in [-0.05, 0) is 0 Å². The van der Waals surface area contributed by atoms with E-state index in [9.17, 15) is 0 Å². The van der Waals surface area contributed by atoms with Gasteiger partial charge in [0.25, 0.3) is 0 Å². The Bertz CT molecular complexity index is 178. The van der Waals surface area contributed by atoms with Crippen LogP contribution in [0.3, 0.4) is 0 Å². The fourth-order valence-corrected chi connectivity index (χ4v) is 0. The zero-order valence-electron chi connectivity index (χ0n) is 5.80. The van der Waals surface area contributed by atoms with Gasteiger partial charge in [-0.15, -0.1) is 0 Å². The van der Waals surface area contributed by atoms with E-state index in [0.717, 1.165) is 0 Å². The second-order valence-corrected chi connectivity index (χ2v) is 2.67. The SMILES string of the molecule is O=C(O)O.O=P(O)(O)O.O=[Si](O)O.[NaH].[NaH].[NaH].[NaH].[NaH]. The molecular formula is CH12Na5O10PSi. The molecule has 0 heterocycles. The summed E-state index contributed by atoms with van der Waals surface area (Å²) in [5.41, 5.74) is 0. The van der Waals surface area contributed by atoms with Crippen molar-refractivity contribution in [3.05, 3.63) is 0 Å². The summed E-state index contributed by atoms with van der Waals surface area (Å²) in [6.45, 7) is 0. The van der Waals surface area contributed by atoms with Crippen LogP contribution in [0.4, 0.5) is 4.79 Å². The van der Waals surface area contributed by atoms with Crippen molar-refractivity contribution in [1.82, 2.24) is 0 Å². The predicted molar refractivity (Wildman–Crippen MR) is 71.5 cm³/mol. The van der Waals surface area contributed by atoms with Crippen LogP contribution in [-0.4, -0.2) is 198 Å². The van der Waals surface area contributed by atoms with Gasteiger partial charge >= 0.3 is 171 Å². The summed E-state index contributed by atoms with van der Waals surface area (Å²) in [7, 11) is -7.77. The van der Waals surface area contributed by atoms with E-state index in [1.54, 1.807) is 0 Å². The summed E-state index contributed by atoms with van der Waals surface area (Å²) in [6.07, 6.45) is -1.83. The molecular weight excluding hydrogens is 346 g/mol. The number of rotatable bonds is 0. The van der Waals surface area contributed by atoms with Crippen molar-refractivity contribution in [2.24, 2.45) is 0 Å². The van der Waals surface area contributed by atoms with Gasteiger partial charge in [-0.1, -0.05) is 0 Å². The Balaban J connectivity index is -0.0000000123. The molecule has 0 bridgehead atoms. The summed E-state index contributed by atoms with van der Waals surface area (Å²) >= 11 is 0. The van der Waals surface area contributed by atoms with E-state index in [4.69, 9.17) is 48.3 Å². The Kier molecular flexibility index (Phi) is 90.2. The zero-order valence-corrected chi connectivity index (χ0v) is 7.70. The molecule has 18 heavy (non-hydrogen) atoms. The fourth-order valence-electron chi connectivity index (χ4n) is 0. The van der Waals surface area contributed by atoms with Crippen LogP contribution in [0.25, 0.3) is 0 Å². The van der Waals surface area contributed by atoms with E-state index in [1.807, 2.05) is 0 Å². The van der Waals surface area contributed by atoms with Gasteiger partial charge in [-0.25, -0.2) is 9.36 Å². The molecule has 0 aliphatic rings. The minimum atomic E-state index is -4.64. The minimum absolute atomic E-state index is 0. The maximum atomic E-state index is 8.88. The van der Waals surface area contributed by atoms with Gasteiger partial charge in [0, 0.05) is 0 Å².